The minimum atomic E-state index is 0.372. The van der Waals surface area contributed by atoms with Crippen molar-refractivity contribution in [2.75, 3.05) is 20.6 Å². The zero-order valence-electron chi connectivity index (χ0n) is 12.6. The lowest BCUT2D eigenvalue weighted by Gasteiger charge is -2.25. The Kier molecular flexibility index (Phi) is 5.39. The van der Waals surface area contributed by atoms with E-state index >= 15 is 0 Å². The molecule has 1 unspecified atom stereocenters. The first-order valence-corrected chi connectivity index (χ1v) is 7.20. The van der Waals surface area contributed by atoms with Gasteiger partial charge in [0.1, 0.15) is 11.5 Å². The van der Waals surface area contributed by atoms with E-state index in [1.165, 1.54) is 5.56 Å². The number of benzene rings is 1. The molecule has 0 amide bonds. The third-order valence-electron chi connectivity index (χ3n) is 3.51. The number of hydrogen-bond donors (Lipinski definition) is 1. The lowest BCUT2D eigenvalue weighted by molar-refractivity contribution is 0.285. The van der Waals surface area contributed by atoms with Gasteiger partial charge in [-0.15, -0.1) is 0 Å². The molecule has 0 radical (unpaired) electrons. The Balaban J connectivity index is 1.90. The largest absolute Gasteiger partial charge is 0.465 e. The maximum Gasteiger partial charge on any atom is 0.117 e. The standard InChI is InChI=1S/C17H24N2O/c1-4-15-10-11-16(20-15)12-18-13-17(19(2)3)14-8-6-5-7-9-14/h5-11,17-18H,4,12-13H2,1-3H3. The Labute approximate surface area is 121 Å². The number of likely N-dealkylation sites (N-methyl/N-ethyl adjacent to an activating group) is 1. The maximum atomic E-state index is 5.70. The van der Waals surface area contributed by atoms with Crippen LogP contribution in [0.1, 0.15) is 30.0 Å². The van der Waals surface area contributed by atoms with Crippen LogP contribution in [0.3, 0.4) is 0 Å². The Bertz CT molecular complexity index is 505. The summed E-state index contributed by atoms with van der Waals surface area (Å²) in [5.74, 6) is 2.06. The van der Waals surface area contributed by atoms with Crippen molar-refractivity contribution < 1.29 is 4.42 Å². The summed E-state index contributed by atoms with van der Waals surface area (Å²) in [6, 6.07) is 15.1. The van der Waals surface area contributed by atoms with Gasteiger partial charge in [-0.2, -0.15) is 0 Å². The van der Waals surface area contributed by atoms with Crippen molar-refractivity contribution in [2.24, 2.45) is 0 Å². The molecule has 3 nitrogen and oxygen atoms in total. The molecule has 1 N–H and O–H groups in total. The smallest absolute Gasteiger partial charge is 0.117 e. The van der Waals surface area contributed by atoms with Gasteiger partial charge in [0.2, 0.25) is 0 Å². The Morgan fingerprint density at radius 2 is 1.75 bits per heavy atom. The van der Waals surface area contributed by atoms with Gasteiger partial charge in [0.15, 0.2) is 0 Å². The van der Waals surface area contributed by atoms with Crippen LogP contribution < -0.4 is 5.32 Å². The van der Waals surface area contributed by atoms with Crippen molar-refractivity contribution >= 4 is 0 Å². The summed E-state index contributed by atoms with van der Waals surface area (Å²) in [4.78, 5) is 2.24. The molecule has 0 fully saturated rings. The minimum absolute atomic E-state index is 0.372. The maximum absolute atomic E-state index is 5.70. The molecule has 0 spiro atoms. The zero-order chi connectivity index (χ0) is 14.4. The molecule has 1 atom stereocenters. The van der Waals surface area contributed by atoms with Gasteiger partial charge in [0.25, 0.3) is 0 Å². The highest BCUT2D eigenvalue weighted by Gasteiger charge is 2.13. The molecule has 1 aromatic carbocycles. The Hall–Kier alpha value is -1.58. The summed E-state index contributed by atoms with van der Waals surface area (Å²) in [6.07, 6.45) is 0.949. The molecular formula is C17H24N2O. The molecule has 0 aliphatic rings. The van der Waals surface area contributed by atoms with E-state index in [1.54, 1.807) is 0 Å². The average molecular weight is 272 g/mol. The van der Waals surface area contributed by atoms with E-state index in [0.29, 0.717) is 6.04 Å². The summed E-state index contributed by atoms with van der Waals surface area (Å²) in [5, 5.41) is 3.48. The molecule has 0 bridgehead atoms. The first-order valence-electron chi connectivity index (χ1n) is 7.20. The molecular weight excluding hydrogens is 248 g/mol. The predicted molar refractivity (Wildman–Crippen MR) is 82.7 cm³/mol. The lowest BCUT2D eigenvalue weighted by Crippen LogP contribution is -2.30. The summed E-state index contributed by atoms with van der Waals surface area (Å²) in [5.41, 5.74) is 1.33. The Morgan fingerprint density at radius 1 is 1.05 bits per heavy atom. The van der Waals surface area contributed by atoms with E-state index in [1.807, 2.05) is 0 Å². The van der Waals surface area contributed by atoms with Crippen LogP contribution in [0.4, 0.5) is 0 Å². The van der Waals surface area contributed by atoms with Crippen molar-refractivity contribution in [1.29, 1.82) is 0 Å². The zero-order valence-corrected chi connectivity index (χ0v) is 12.6. The quantitative estimate of drug-likeness (QED) is 0.839. The fourth-order valence-corrected chi connectivity index (χ4v) is 2.31. The van der Waals surface area contributed by atoms with Crippen molar-refractivity contribution in [3.05, 3.63) is 59.5 Å². The highest BCUT2D eigenvalue weighted by Crippen LogP contribution is 2.17. The molecule has 2 aromatic rings. The lowest BCUT2D eigenvalue weighted by atomic mass is 10.1. The van der Waals surface area contributed by atoms with Crippen LogP contribution in [0.25, 0.3) is 0 Å². The van der Waals surface area contributed by atoms with E-state index in [2.05, 4.69) is 73.7 Å². The van der Waals surface area contributed by atoms with Crippen LogP contribution in [0.15, 0.2) is 46.9 Å². The minimum Gasteiger partial charge on any atom is -0.465 e. The SMILES string of the molecule is CCc1ccc(CNCC(c2ccccc2)N(C)C)o1. The number of hydrogen-bond acceptors (Lipinski definition) is 3. The van der Waals surface area contributed by atoms with Crippen molar-refractivity contribution in [2.45, 2.75) is 25.9 Å². The van der Waals surface area contributed by atoms with E-state index in [0.717, 1.165) is 31.0 Å². The molecule has 108 valence electrons. The second-order valence-electron chi connectivity index (χ2n) is 5.24. The topological polar surface area (TPSA) is 28.4 Å². The van der Waals surface area contributed by atoms with Crippen LogP contribution in [0.5, 0.6) is 0 Å². The molecule has 0 aliphatic heterocycles. The fourth-order valence-electron chi connectivity index (χ4n) is 2.31. The summed E-state index contributed by atoms with van der Waals surface area (Å²) < 4.78 is 5.70. The van der Waals surface area contributed by atoms with Gasteiger partial charge in [-0.05, 0) is 31.8 Å². The van der Waals surface area contributed by atoms with E-state index in [-0.39, 0.29) is 0 Å². The second-order valence-corrected chi connectivity index (χ2v) is 5.24. The summed E-state index contributed by atoms with van der Waals surface area (Å²) in [7, 11) is 4.23. The van der Waals surface area contributed by atoms with Gasteiger partial charge in [-0.1, -0.05) is 37.3 Å². The van der Waals surface area contributed by atoms with Crippen molar-refractivity contribution in [3.63, 3.8) is 0 Å². The molecule has 1 aromatic heterocycles. The monoisotopic (exact) mass is 272 g/mol. The van der Waals surface area contributed by atoms with Gasteiger partial charge < -0.3 is 14.6 Å². The van der Waals surface area contributed by atoms with Gasteiger partial charge in [0.05, 0.1) is 6.54 Å². The highest BCUT2D eigenvalue weighted by atomic mass is 16.3. The van der Waals surface area contributed by atoms with Crippen LogP contribution in [0, 0.1) is 0 Å². The van der Waals surface area contributed by atoms with E-state index in [4.69, 9.17) is 4.42 Å². The van der Waals surface area contributed by atoms with Crippen LogP contribution in [0.2, 0.25) is 0 Å². The Morgan fingerprint density at radius 3 is 2.35 bits per heavy atom. The molecule has 0 saturated heterocycles. The van der Waals surface area contributed by atoms with Crippen molar-refractivity contribution in [1.82, 2.24) is 10.2 Å². The number of nitrogens with one attached hydrogen (secondary N) is 1. The van der Waals surface area contributed by atoms with Crippen LogP contribution in [-0.2, 0) is 13.0 Å². The summed E-state index contributed by atoms with van der Waals surface area (Å²) >= 11 is 0. The molecule has 0 saturated carbocycles. The average Bonchev–Trinajstić information content (AvgIpc) is 2.92. The van der Waals surface area contributed by atoms with E-state index < -0.39 is 0 Å². The van der Waals surface area contributed by atoms with Gasteiger partial charge in [-0.25, -0.2) is 0 Å². The highest BCUT2D eigenvalue weighted by molar-refractivity contribution is 5.19. The first-order chi connectivity index (χ1) is 9.70. The molecule has 2 rings (SSSR count). The number of furan rings is 1. The van der Waals surface area contributed by atoms with Crippen molar-refractivity contribution in [3.8, 4) is 0 Å². The van der Waals surface area contributed by atoms with Crippen LogP contribution >= 0.6 is 0 Å². The molecule has 1 heterocycles. The third-order valence-corrected chi connectivity index (χ3v) is 3.51. The number of aryl methyl sites for hydroxylation is 1. The number of nitrogens with zero attached hydrogens (tertiary/aromatic N) is 1. The normalized spacial score (nSPS) is 12.8. The van der Waals surface area contributed by atoms with Crippen LogP contribution in [-0.4, -0.2) is 25.5 Å². The first kappa shape index (κ1) is 14.8. The fraction of sp³-hybridized carbons (Fsp3) is 0.412. The van der Waals surface area contributed by atoms with Gasteiger partial charge in [-0.3, -0.25) is 0 Å². The van der Waals surface area contributed by atoms with E-state index in [9.17, 15) is 0 Å². The van der Waals surface area contributed by atoms with Gasteiger partial charge in [0, 0.05) is 19.0 Å². The third kappa shape index (κ3) is 3.95. The second kappa shape index (κ2) is 7.27. The number of rotatable bonds is 7. The molecule has 3 heteroatoms. The summed E-state index contributed by atoms with van der Waals surface area (Å²) in [6.45, 7) is 3.78. The molecule has 0 aliphatic carbocycles. The molecule has 20 heavy (non-hydrogen) atoms. The van der Waals surface area contributed by atoms with Gasteiger partial charge >= 0.3 is 0 Å². The predicted octanol–water partition coefficient (Wildman–Crippen LogP) is 3.23.